The SMILES string of the molecule is CCN(C[C@@H](OP(=O)(O)O)[C@H](Cc1ccccc1)NC(C)=O)S(C)(=O)=O. The molecule has 0 saturated heterocycles. The Kier molecular flexibility index (Phi) is 8.39. The Morgan fingerprint density at radius 2 is 1.88 bits per heavy atom. The van der Waals surface area contributed by atoms with Crippen molar-refractivity contribution in [3.63, 3.8) is 0 Å². The number of nitrogens with one attached hydrogen (secondary N) is 1. The lowest BCUT2D eigenvalue weighted by Gasteiger charge is -2.31. The molecule has 0 bridgehead atoms. The van der Waals surface area contributed by atoms with Crippen LogP contribution >= 0.6 is 7.82 Å². The summed E-state index contributed by atoms with van der Waals surface area (Å²) in [6.45, 7) is 2.65. The molecule has 26 heavy (non-hydrogen) atoms. The van der Waals surface area contributed by atoms with E-state index >= 15 is 0 Å². The summed E-state index contributed by atoms with van der Waals surface area (Å²) in [5.74, 6) is -0.423. The Labute approximate surface area is 153 Å². The van der Waals surface area contributed by atoms with Crippen LogP contribution in [0.5, 0.6) is 0 Å². The molecular formula is C15H25N2O7PS. The molecule has 0 aromatic heterocycles. The van der Waals surface area contributed by atoms with Gasteiger partial charge in [0.25, 0.3) is 0 Å². The highest BCUT2D eigenvalue weighted by molar-refractivity contribution is 7.88. The zero-order valence-electron chi connectivity index (χ0n) is 14.9. The second-order valence-electron chi connectivity index (χ2n) is 5.84. The molecule has 2 atom stereocenters. The fraction of sp³-hybridized carbons (Fsp3) is 0.533. The van der Waals surface area contributed by atoms with Gasteiger partial charge < -0.3 is 15.1 Å². The van der Waals surface area contributed by atoms with Crippen molar-refractivity contribution < 1.29 is 32.1 Å². The molecule has 11 heteroatoms. The van der Waals surface area contributed by atoms with Gasteiger partial charge in [0.1, 0.15) is 6.10 Å². The summed E-state index contributed by atoms with van der Waals surface area (Å²) in [5.41, 5.74) is 0.799. The van der Waals surface area contributed by atoms with Crippen molar-refractivity contribution in [2.24, 2.45) is 0 Å². The van der Waals surface area contributed by atoms with Gasteiger partial charge in [-0.05, 0) is 12.0 Å². The van der Waals surface area contributed by atoms with Crippen LogP contribution in [-0.2, 0) is 30.3 Å². The number of nitrogens with zero attached hydrogens (tertiary/aromatic N) is 1. The lowest BCUT2D eigenvalue weighted by molar-refractivity contribution is -0.120. The van der Waals surface area contributed by atoms with Gasteiger partial charge in [-0.15, -0.1) is 0 Å². The third-order valence-corrected chi connectivity index (χ3v) is 5.50. The van der Waals surface area contributed by atoms with E-state index in [9.17, 15) is 27.6 Å². The maximum absolute atomic E-state index is 11.9. The highest BCUT2D eigenvalue weighted by atomic mass is 32.2. The van der Waals surface area contributed by atoms with Gasteiger partial charge in [0.2, 0.25) is 15.9 Å². The van der Waals surface area contributed by atoms with Gasteiger partial charge in [0, 0.05) is 20.0 Å². The quantitative estimate of drug-likeness (QED) is 0.480. The number of amides is 1. The van der Waals surface area contributed by atoms with Crippen molar-refractivity contribution in [1.82, 2.24) is 9.62 Å². The van der Waals surface area contributed by atoms with Crippen molar-refractivity contribution in [2.75, 3.05) is 19.3 Å². The number of carbonyl (C=O) groups excluding carboxylic acids is 1. The zero-order chi connectivity index (χ0) is 20.0. The average Bonchev–Trinajstić information content (AvgIpc) is 2.49. The molecule has 1 aromatic rings. The monoisotopic (exact) mass is 408 g/mol. The van der Waals surface area contributed by atoms with Crippen LogP contribution in [0.25, 0.3) is 0 Å². The molecule has 148 valence electrons. The summed E-state index contributed by atoms with van der Waals surface area (Å²) in [6.07, 6.45) is -0.0307. The number of carbonyl (C=O) groups is 1. The average molecular weight is 408 g/mol. The van der Waals surface area contributed by atoms with Crippen LogP contribution < -0.4 is 5.32 Å². The lowest BCUT2D eigenvalue weighted by atomic mass is 10.0. The third kappa shape index (κ3) is 8.39. The molecule has 9 nitrogen and oxygen atoms in total. The number of rotatable bonds is 10. The highest BCUT2D eigenvalue weighted by Gasteiger charge is 2.33. The fourth-order valence-corrected chi connectivity index (χ4v) is 3.97. The predicted octanol–water partition coefficient (Wildman–Crippen LogP) is 0.493. The van der Waals surface area contributed by atoms with E-state index in [2.05, 4.69) is 5.32 Å². The number of hydrogen-bond donors (Lipinski definition) is 3. The van der Waals surface area contributed by atoms with E-state index in [-0.39, 0.29) is 19.5 Å². The van der Waals surface area contributed by atoms with E-state index in [1.54, 1.807) is 31.2 Å². The smallest absolute Gasteiger partial charge is 0.351 e. The molecule has 0 heterocycles. The molecule has 0 aliphatic heterocycles. The van der Waals surface area contributed by atoms with E-state index in [4.69, 9.17) is 4.52 Å². The minimum absolute atomic E-state index is 0.0952. The normalized spacial score (nSPS) is 14.8. The molecule has 0 unspecified atom stereocenters. The molecule has 0 aliphatic carbocycles. The van der Waals surface area contributed by atoms with Crippen molar-refractivity contribution in [2.45, 2.75) is 32.4 Å². The molecule has 0 saturated carbocycles. The predicted molar refractivity (Wildman–Crippen MR) is 96.8 cm³/mol. The van der Waals surface area contributed by atoms with Crippen molar-refractivity contribution in [3.8, 4) is 0 Å². The van der Waals surface area contributed by atoms with E-state index in [0.29, 0.717) is 0 Å². The first-order valence-corrected chi connectivity index (χ1v) is 11.3. The summed E-state index contributed by atoms with van der Waals surface area (Å²) in [5, 5.41) is 2.60. The molecular weight excluding hydrogens is 383 g/mol. The minimum atomic E-state index is -4.92. The van der Waals surface area contributed by atoms with Crippen LogP contribution in [0.3, 0.4) is 0 Å². The second kappa shape index (κ2) is 9.59. The number of hydrogen-bond acceptors (Lipinski definition) is 5. The first kappa shape index (κ1) is 22.8. The Morgan fingerprint density at radius 1 is 1.31 bits per heavy atom. The van der Waals surface area contributed by atoms with Gasteiger partial charge >= 0.3 is 7.82 Å². The summed E-state index contributed by atoms with van der Waals surface area (Å²) in [4.78, 5) is 30.0. The van der Waals surface area contributed by atoms with Crippen LogP contribution in [0.15, 0.2) is 30.3 Å². The molecule has 1 amide bonds. The highest BCUT2D eigenvalue weighted by Crippen LogP contribution is 2.38. The largest absolute Gasteiger partial charge is 0.469 e. The van der Waals surface area contributed by atoms with Crippen molar-refractivity contribution in [1.29, 1.82) is 0 Å². The molecule has 0 fully saturated rings. The number of likely N-dealkylation sites (N-methyl/N-ethyl adjacent to an activating group) is 1. The Balaban J connectivity index is 3.18. The van der Waals surface area contributed by atoms with E-state index in [1.807, 2.05) is 6.07 Å². The van der Waals surface area contributed by atoms with Crippen LogP contribution in [0.2, 0.25) is 0 Å². The van der Waals surface area contributed by atoms with E-state index in [1.165, 1.54) is 6.92 Å². The summed E-state index contributed by atoms with van der Waals surface area (Å²) < 4.78 is 41.0. The summed E-state index contributed by atoms with van der Waals surface area (Å²) >= 11 is 0. The van der Waals surface area contributed by atoms with Gasteiger partial charge in [0.05, 0.1) is 12.3 Å². The van der Waals surface area contributed by atoms with Crippen molar-refractivity contribution in [3.05, 3.63) is 35.9 Å². The van der Waals surface area contributed by atoms with Gasteiger partial charge in [-0.1, -0.05) is 37.3 Å². The van der Waals surface area contributed by atoms with Crippen LogP contribution in [-0.4, -0.2) is 59.9 Å². The van der Waals surface area contributed by atoms with Gasteiger partial charge in [0.15, 0.2) is 0 Å². The molecule has 0 aliphatic rings. The first-order chi connectivity index (χ1) is 11.9. The number of sulfonamides is 1. The van der Waals surface area contributed by atoms with Crippen LogP contribution in [0.4, 0.5) is 0 Å². The standard InChI is InChI=1S/C15H25N2O7PS/c1-4-17(26(3,22)23)11-15(24-25(19,20)21)14(16-12(2)18)10-13-8-6-5-7-9-13/h5-9,14-15H,4,10-11H2,1-3H3,(H,16,18)(H2,19,20,21)/t14-,15+/m0/s1. The maximum Gasteiger partial charge on any atom is 0.469 e. The minimum Gasteiger partial charge on any atom is -0.351 e. The van der Waals surface area contributed by atoms with Crippen LogP contribution in [0, 0.1) is 0 Å². The van der Waals surface area contributed by atoms with E-state index < -0.39 is 35.9 Å². The number of phosphoric ester groups is 1. The Morgan fingerprint density at radius 3 is 2.31 bits per heavy atom. The Bertz CT molecular complexity index is 736. The summed E-state index contributed by atoms with van der Waals surface area (Å²) in [7, 11) is -8.53. The zero-order valence-corrected chi connectivity index (χ0v) is 16.6. The Hall–Kier alpha value is -1.29. The van der Waals surface area contributed by atoms with Crippen LogP contribution in [0.1, 0.15) is 19.4 Å². The van der Waals surface area contributed by atoms with Gasteiger partial charge in [-0.3, -0.25) is 9.32 Å². The molecule has 3 N–H and O–H groups in total. The lowest BCUT2D eigenvalue weighted by Crippen LogP contribution is -2.50. The maximum atomic E-state index is 11.9. The van der Waals surface area contributed by atoms with Crippen molar-refractivity contribution >= 4 is 23.8 Å². The fourth-order valence-electron chi connectivity index (χ4n) is 2.51. The first-order valence-electron chi connectivity index (χ1n) is 7.92. The van der Waals surface area contributed by atoms with Gasteiger partial charge in [-0.25, -0.2) is 13.0 Å². The number of benzene rings is 1. The van der Waals surface area contributed by atoms with Gasteiger partial charge in [-0.2, -0.15) is 4.31 Å². The second-order valence-corrected chi connectivity index (χ2v) is 9.02. The topological polar surface area (TPSA) is 133 Å². The summed E-state index contributed by atoms with van der Waals surface area (Å²) in [6, 6.07) is 8.12. The number of phosphoric acid groups is 1. The third-order valence-electron chi connectivity index (χ3n) is 3.61. The molecule has 0 spiro atoms. The molecule has 0 radical (unpaired) electrons. The van der Waals surface area contributed by atoms with E-state index in [0.717, 1.165) is 16.1 Å². The molecule has 1 rings (SSSR count). The molecule has 1 aromatic carbocycles.